The van der Waals surface area contributed by atoms with E-state index < -0.39 is 34.3 Å². The molecular formula is C36H40FN3O6S. The normalized spacial score (nSPS) is 11.9. The van der Waals surface area contributed by atoms with Gasteiger partial charge in [0.1, 0.15) is 18.4 Å². The van der Waals surface area contributed by atoms with E-state index in [2.05, 4.69) is 5.32 Å². The highest BCUT2D eigenvalue weighted by Gasteiger charge is 2.35. The van der Waals surface area contributed by atoms with Crippen LogP contribution in [0, 0.1) is 11.7 Å². The number of benzene rings is 4. The molecule has 0 heterocycles. The lowest BCUT2D eigenvalue weighted by Crippen LogP contribution is -2.53. The maximum atomic E-state index is 14.5. The van der Waals surface area contributed by atoms with Crippen molar-refractivity contribution in [1.82, 2.24) is 10.2 Å². The summed E-state index contributed by atoms with van der Waals surface area (Å²) in [5.41, 5.74) is 1.64. The molecule has 0 aliphatic carbocycles. The van der Waals surface area contributed by atoms with Crippen LogP contribution < -0.4 is 19.1 Å². The van der Waals surface area contributed by atoms with E-state index in [1.807, 2.05) is 44.2 Å². The Bertz CT molecular complexity index is 1740. The first-order valence-electron chi connectivity index (χ1n) is 15.2. The molecule has 0 fully saturated rings. The van der Waals surface area contributed by atoms with Crippen LogP contribution in [0.4, 0.5) is 10.1 Å². The molecule has 0 saturated heterocycles. The second-order valence-corrected chi connectivity index (χ2v) is 13.2. The molecule has 4 rings (SSSR count). The maximum absolute atomic E-state index is 14.5. The summed E-state index contributed by atoms with van der Waals surface area (Å²) in [4.78, 5) is 29.6. The summed E-state index contributed by atoms with van der Waals surface area (Å²) in [7, 11) is -1.50. The number of rotatable bonds is 15. The minimum atomic E-state index is -4.34. The van der Waals surface area contributed by atoms with Gasteiger partial charge in [0.05, 0.1) is 24.8 Å². The number of nitrogens with zero attached hydrogens (tertiary/aromatic N) is 2. The Morgan fingerprint density at radius 1 is 0.809 bits per heavy atom. The average molecular weight is 662 g/mol. The van der Waals surface area contributed by atoms with Crippen LogP contribution in [0.2, 0.25) is 0 Å². The van der Waals surface area contributed by atoms with Crippen molar-refractivity contribution in [2.45, 2.75) is 37.8 Å². The van der Waals surface area contributed by atoms with Crippen LogP contribution in [-0.2, 0) is 32.6 Å². The molecule has 0 aliphatic heterocycles. The number of nitrogens with one attached hydrogen (secondary N) is 1. The summed E-state index contributed by atoms with van der Waals surface area (Å²) < 4.78 is 54.0. The molecule has 11 heteroatoms. The number of hydrogen-bond donors (Lipinski definition) is 1. The summed E-state index contributed by atoms with van der Waals surface area (Å²) >= 11 is 0. The third-order valence-electron chi connectivity index (χ3n) is 7.49. The van der Waals surface area contributed by atoms with Crippen LogP contribution in [-0.4, -0.2) is 58.5 Å². The highest BCUT2D eigenvalue weighted by atomic mass is 32.2. The molecule has 0 aliphatic rings. The van der Waals surface area contributed by atoms with Gasteiger partial charge in [0.25, 0.3) is 10.0 Å². The van der Waals surface area contributed by atoms with Crippen molar-refractivity contribution in [3.8, 4) is 11.5 Å². The highest BCUT2D eigenvalue weighted by Crippen LogP contribution is 2.32. The maximum Gasteiger partial charge on any atom is 0.264 e. The molecule has 0 aromatic heterocycles. The van der Waals surface area contributed by atoms with Crippen molar-refractivity contribution < 1.29 is 31.9 Å². The third kappa shape index (κ3) is 9.10. The van der Waals surface area contributed by atoms with Gasteiger partial charge in [-0.2, -0.15) is 0 Å². The first-order valence-corrected chi connectivity index (χ1v) is 16.6. The van der Waals surface area contributed by atoms with Gasteiger partial charge in [-0.3, -0.25) is 13.9 Å². The smallest absolute Gasteiger partial charge is 0.264 e. The van der Waals surface area contributed by atoms with Gasteiger partial charge in [0.2, 0.25) is 11.8 Å². The number of hydrogen-bond acceptors (Lipinski definition) is 6. The van der Waals surface area contributed by atoms with Crippen LogP contribution in [0.1, 0.15) is 25.0 Å². The molecule has 0 spiro atoms. The van der Waals surface area contributed by atoms with E-state index in [1.54, 1.807) is 30.3 Å². The zero-order valence-corrected chi connectivity index (χ0v) is 27.7. The largest absolute Gasteiger partial charge is 0.493 e. The van der Waals surface area contributed by atoms with Crippen molar-refractivity contribution in [3.63, 3.8) is 0 Å². The Labute approximate surface area is 276 Å². The lowest BCUT2D eigenvalue weighted by atomic mass is 10.0. The number of halogens is 1. The van der Waals surface area contributed by atoms with E-state index in [0.29, 0.717) is 17.9 Å². The van der Waals surface area contributed by atoms with E-state index in [9.17, 15) is 22.4 Å². The van der Waals surface area contributed by atoms with Crippen molar-refractivity contribution in [3.05, 3.63) is 120 Å². The summed E-state index contributed by atoms with van der Waals surface area (Å²) in [5.74, 6) is -0.753. The van der Waals surface area contributed by atoms with Gasteiger partial charge in [-0.1, -0.05) is 74.5 Å². The van der Waals surface area contributed by atoms with Crippen molar-refractivity contribution in [2.24, 2.45) is 5.92 Å². The molecule has 2 amide bonds. The van der Waals surface area contributed by atoms with E-state index >= 15 is 0 Å². The fourth-order valence-corrected chi connectivity index (χ4v) is 6.42. The number of carbonyl (C=O) groups is 2. The zero-order chi connectivity index (χ0) is 34.0. The van der Waals surface area contributed by atoms with Crippen LogP contribution in [0.25, 0.3) is 0 Å². The first kappa shape index (κ1) is 35.0. The third-order valence-corrected chi connectivity index (χ3v) is 9.26. The standard InChI is InChI=1S/C36H40FN3O6S/c1-26(2)23-38-36(42)32(21-27-11-7-5-8-12-27)39(24-28-15-17-29(37)18-16-28)35(41)25-40(30-13-9-6-10-14-30)47(43,44)31-19-20-33(45-3)34(22-31)46-4/h5-20,22,26,32H,21,23-25H2,1-4H3,(H,38,42)/t32-/m1/s1. The van der Waals surface area contributed by atoms with Gasteiger partial charge >= 0.3 is 0 Å². The second kappa shape index (κ2) is 16.1. The highest BCUT2D eigenvalue weighted by molar-refractivity contribution is 7.92. The molecule has 0 unspecified atom stereocenters. The molecule has 0 saturated carbocycles. The van der Waals surface area contributed by atoms with Crippen molar-refractivity contribution >= 4 is 27.5 Å². The zero-order valence-electron chi connectivity index (χ0n) is 26.9. The van der Waals surface area contributed by atoms with Gasteiger partial charge in [-0.25, -0.2) is 12.8 Å². The summed E-state index contributed by atoms with van der Waals surface area (Å²) in [6.07, 6.45) is 0.172. The molecule has 0 radical (unpaired) electrons. The molecule has 248 valence electrons. The fraction of sp³-hybridized carbons (Fsp3) is 0.278. The molecule has 0 bridgehead atoms. The van der Waals surface area contributed by atoms with E-state index in [4.69, 9.17) is 9.47 Å². The van der Waals surface area contributed by atoms with Gasteiger partial charge in [-0.05, 0) is 53.4 Å². The predicted octanol–water partition coefficient (Wildman–Crippen LogP) is 5.45. The molecule has 1 atom stereocenters. The Balaban J connectivity index is 1.80. The summed E-state index contributed by atoms with van der Waals surface area (Å²) in [5, 5.41) is 2.95. The summed E-state index contributed by atoms with van der Waals surface area (Å²) in [6, 6.07) is 26.4. The first-order chi connectivity index (χ1) is 22.5. The molecular weight excluding hydrogens is 621 g/mol. The lowest BCUT2D eigenvalue weighted by Gasteiger charge is -2.34. The monoisotopic (exact) mass is 661 g/mol. The predicted molar refractivity (Wildman–Crippen MR) is 179 cm³/mol. The number of methoxy groups -OCH3 is 2. The van der Waals surface area contributed by atoms with Crippen molar-refractivity contribution in [1.29, 1.82) is 0 Å². The number of sulfonamides is 1. The Morgan fingerprint density at radius 2 is 1.43 bits per heavy atom. The van der Waals surface area contributed by atoms with Crippen molar-refractivity contribution in [2.75, 3.05) is 31.6 Å². The van der Waals surface area contributed by atoms with Gasteiger partial charge in [0, 0.05) is 25.6 Å². The molecule has 4 aromatic rings. The molecule has 47 heavy (non-hydrogen) atoms. The van der Waals surface area contributed by atoms with Crippen LogP contribution in [0.3, 0.4) is 0 Å². The van der Waals surface area contributed by atoms with Crippen LogP contribution in [0.15, 0.2) is 108 Å². The Kier molecular flexibility index (Phi) is 12.0. The van der Waals surface area contributed by atoms with Crippen LogP contribution in [0.5, 0.6) is 11.5 Å². The quantitative estimate of drug-likeness (QED) is 0.182. The van der Waals surface area contributed by atoms with E-state index in [-0.39, 0.29) is 41.1 Å². The summed E-state index contributed by atoms with van der Waals surface area (Å²) in [6.45, 7) is 3.62. The number of ether oxygens (including phenoxy) is 2. The second-order valence-electron chi connectivity index (χ2n) is 11.4. The van der Waals surface area contributed by atoms with Crippen LogP contribution >= 0.6 is 0 Å². The minimum absolute atomic E-state index is 0.0647. The number of para-hydroxylation sites is 1. The van der Waals surface area contributed by atoms with E-state index in [1.165, 1.54) is 61.6 Å². The molecule has 1 N–H and O–H groups in total. The number of amides is 2. The van der Waals surface area contributed by atoms with Gasteiger partial charge in [0.15, 0.2) is 11.5 Å². The van der Waals surface area contributed by atoms with E-state index in [0.717, 1.165) is 9.87 Å². The lowest BCUT2D eigenvalue weighted by molar-refractivity contribution is -0.140. The molecule has 4 aromatic carbocycles. The van der Waals surface area contributed by atoms with Gasteiger partial charge in [-0.15, -0.1) is 0 Å². The molecule has 9 nitrogen and oxygen atoms in total. The number of anilines is 1. The Hall–Kier alpha value is -4.90. The minimum Gasteiger partial charge on any atom is -0.493 e. The fourth-order valence-electron chi connectivity index (χ4n) is 4.99. The Morgan fingerprint density at radius 3 is 2.02 bits per heavy atom. The SMILES string of the molecule is COc1ccc(S(=O)(=O)N(CC(=O)N(Cc2ccc(F)cc2)[C@H](Cc2ccccc2)C(=O)NCC(C)C)c2ccccc2)cc1OC. The number of carbonyl (C=O) groups excluding carboxylic acids is 2. The van der Waals surface area contributed by atoms with Gasteiger partial charge < -0.3 is 19.7 Å². The average Bonchev–Trinajstić information content (AvgIpc) is 3.08. The topological polar surface area (TPSA) is 105 Å².